The fourth-order valence-electron chi connectivity index (χ4n) is 3.74. The van der Waals surface area contributed by atoms with Crippen LogP contribution in [0, 0.1) is 6.92 Å². The van der Waals surface area contributed by atoms with Crippen LogP contribution in [0.1, 0.15) is 48.0 Å². The molecule has 0 bridgehead atoms. The number of nitrogens with zero attached hydrogens (tertiary/aromatic N) is 4. The third-order valence-electron chi connectivity index (χ3n) is 5.42. The van der Waals surface area contributed by atoms with E-state index < -0.39 is 0 Å². The van der Waals surface area contributed by atoms with Gasteiger partial charge < -0.3 is 4.90 Å². The molecule has 0 saturated carbocycles. The van der Waals surface area contributed by atoms with Crippen LogP contribution in [0.25, 0.3) is 5.69 Å². The van der Waals surface area contributed by atoms with Gasteiger partial charge in [-0.25, -0.2) is 0 Å². The molecule has 4 rings (SSSR count). The summed E-state index contributed by atoms with van der Waals surface area (Å²) >= 11 is 1.68. The smallest absolute Gasteiger partial charge is 0.232 e. The number of anilines is 1. The number of carbonyl (C=O) groups is 1. The van der Waals surface area contributed by atoms with E-state index >= 15 is 0 Å². The Kier molecular flexibility index (Phi) is 6.84. The number of piperidine rings is 1. The molecule has 30 heavy (non-hydrogen) atoms. The molecule has 0 N–H and O–H groups in total. The molecule has 0 amide bonds. The number of hydrogen-bond donors (Lipinski definition) is 0. The quantitative estimate of drug-likeness (QED) is 0.280. The highest BCUT2D eigenvalue weighted by atomic mass is 32.2. The van der Waals surface area contributed by atoms with Crippen molar-refractivity contribution in [3.63, 3.8) is 0 Å². The fraction of sp³-hybridized carbons (Fsp3) is 0.375. The van der Waals surface area contributed by atoms with Gasteiger partial charge in [0.15, 0.2) is 10.9 Å². The van der Waals surface area contributed by atoms with E-state index in [1.54, 1.807) is 11.8 Å². The Morgan fingerprint density at radius 1 is 0.967 bits per heavy atom. The first-order valence-electron chi connectivity index (χ1n) is 10.7. The zero-order valence-corrected chi connectivity index (χ0v) is 18.3. The second-order valence-electron chi connectivity index (χ2n) is 7.74. The van der Waals surface area contributed by atoms with Gasteiger partial charge in [0.05, 0.1) is 5.69 Å². The fourth-order valence-corrected chi connectivity index (χ4v) is 4.62. The maximum absolute atomic E-state index is 12.3. The number of Topliss-reactive ketones (excluding diaryl/α,β-unsaturated/α-hetero) is 1. The van der Waals surface area contributed by atoms with Crippen molar-refractivity contribution in [2.75, 3.05) is 23.7 Å². The van der Waals surface area contributed by atoms with Crippen molar-refractivity contribution in [1.29, 1.82) is 0 Å². The Morgan fingerprint density at radius 2 is 1.70 bits per heavy atom. The largest absolute Gasteiger partial charge is 0.341 e. The molecule has 1 aromatic heterocycles. The molecule has 0 aliphatic carbocycles. The maximum atomic E-state index is 12.3. The molecule has 0 unspecified atom stereocenters. The molecular weight excluding hydrogens is 392 g/mol. The third kappa shape index (κ3) is 4.93. The SMILES string of the molecule is Cc1ccc(-n2c(SCCCC(=O)c3ccccc3)nnc2N2CCCCC2)cc1. The van der Waals surface area contributed by atoms with Crippen molar-refractivity contribution in [3.05, 3.63) is 65.7 Å². The molecule has 0 radical (unpaired) electrons. The number of ketones is 1. The van der Waals surface area contributed by atoms with Gasteiger partial charge in [-0.2, -0.15) is 0 Å². The first-order valence-corrected chi connectivity index (χ1v) is 11.7. The van der Waals surface area contributed by atoms with Crippen molar-refractivity contribution in [3.8, 4) is 5.69 Å². The van der Waals surface area contributed by atoms with Crippen LogP contribution >= 0.6 is 11.8 Å². The van der Waals surface area contributed by atoms with Gasteiger partial charge in [-0.05, 0) is 44.7 Å². The average Bonchev–Trinajstić information content (AvgIpc) is 3.22. The lowest BCUT2D eigenvalue weighted by Gasteiger charge is -2.27. The van der Waals surface area contributed by atoms with Crippen LogP contribution < -0.4 is 4.90 Å². The van der Waals surface area contributed by atoms with Crippen molar-refractivity contribution in [2.24, 2.45) is 0 Å². The molecule has 6 heteroatoms. The summed E-state index contributed by atoms with van der Waals surface area (Å²) in [7, 11) is 0. The number of aryl methyl sites for hydroxylation is 1. The standard InChI is InChI=1S/C24H28N4OS/c1-19-12-14-21(15-13-19)28-23(27-16-6-3-7-17-27)25-26-24(28)30-18-8-11-22(29)20-9-4-2-5-10-20/h2,4-5,9-10,12-15H,3,6-8,11,16-18H2,1H3. The minimum atomic E-state index is 0.199. The minimum absolute atomic E-state index is 0.199. The van der Waals surface area contributed by atoms with Crippen LogP contribution in [-0.4, -0.2) is 39.4 Å². The van der Waals surface area contributed by atoms with E-state index in [1.807, 2.05) is 30.3 Å². The van der Waals surface area contributed by atoms with Gasteiger partial charge in [-0.3, -0.25) is 9.36 Å². The minimum Gasteiger partial charge on any atom is -0.341 e. The summed E-state index contributed by atoms with van der Waals surface area (Å²) in [5.74, 6) is 1.97. The van der Waals surface area contributed by atoms with Crippen molar-refractivity contribution >= 4 is 23.5 Å². The molecule has 5 nitrogen and oxygen atoms in total. The van der Waals surface area contributed by atoms with Gasteiger partial charge in [-0.15, -0.1) is 10.2 Å². The van der Waals surface area contributed by atoms with Gasteiger partial charge in [0, 0.05) is 30.8 Å². The van der Waals surface area contributed by atoms with Gasteiger partial charge in [0.1, 0.15) is 0 Å². The van der Waals surface area contributed by atoms with Crippen LogP contribution in [-0.2, 0) is 0 Å². The molecule has 3 aromatic rings. The van der Waals surface area contributed by atoms with Crippen LogP contribution in [0.15, 0.2) is 59.8 Å². The first kappa shape index (κ1) is 20.7. The van der Waals surface area contributed by atoms with Crippen LogP contribution in [0.2, 0.25) is 0 Å². The summed E-state index contributed by atoms with van der Waals surface area (Å²) in [6.45, 7) is 4.15. The van der Waals surface area contributed by atoms with E-state index in [4.69, 9.17) is 0 Å². The van der Waals surface area contributed by atoms with E-state index in [1.165, 1.54) is 24.8 Å². The summed E-state index contributed by atoms with van der Waals surface area (Å²) in [5, 5.41) is 9.96. The normalized spacial score (nSPS) is 14.1. The van der Waals surface area contributed by atoms with Gasteiger partial charge in [0.2, 0.25) is 5.95 Å². The number of rotatable bonds is 8. The third-order valence-corrected chi connectivity index (χ3v) is 6.44. The summed E-state index contributed by atoms with van der Waals surface area (Å²) < 4.78 is 2.18. The molecule has 1 aliphatic rings. The van der Waals surface area contributed by atoms with Crippen LogP contribution in [0.4, 0.5) is 5.95 Å². The predicted molar refractivity (Wildman–Crippen MR) is 123 cm³/mol. The topological polar surface area (TPSA) is 51.0 Å². The number of thioether (sulfide) groups is 1. The lowest BCUT2D eigenvalue weighted by atomic mass is 10.1. The molecule has 1 aliphatic heterocycles. The average molecular weight is 421 g/mol. The molecule has 1 saturated heterocycles. The molecule has 2 heterocycles. The molecule has 2 aromatic carbocycles. The van der Waals surface area contributed by atoms with E-state index in [9.17, 15) is 4.79 Å². The molecule has 0 atom stereocenters. The highest BCUT2D eigenvalue weighted by Crippen LogP contribution is 2.29. The lowest BCUT2D eigenvalue weighted by molar-refractivity contribution is 0.0982. The van der Waals surface area contributed by atoms with Crippen molar-refractivity contribution in [1.82, 2.24) is 14.8 Å². The number of aromatic nitrogens is 3. The van der Waals surface area contributed by atoms with E-state index in [2.05, 4.69) is 50.9 Å². The molecular formula is C24H28N4OS. The summed E-state index contributed by atoms with van der Waals surface area (Å²) in [4.78, 5) is 14.7. The number of hydrogen-bond acceptors (Lipinski definition) is 5. The maximum Gasteiger partial charge on any atom is 0.232 e. The van der Waals surface area contributed by atoms with Gasteiger partial charge in [0.25, 0.3) is 0 Å². The second-order valence-corrected chi connectivity index (χ2v) is 8.80. The zero-order valence-electron chi connectivity index (χ0n) is 17.5. The Bertz CT molecular complexity index is 963. The number of benzene rings is 2. The summed E-state index contributed by atoms with van der Waals surface area (Å²) in [5.41, 5.74) is 3.12. The highest BCUT2D eigenvalue weighted by Gasteiger charge is 2.21. The highest BCUT2D eigenvalue weighted by molar-refractivity contribution is 7.99. The van der Waals surface area contributed by atoms with Gasteiger partial charge >= 0.3 is 0 Å². The Hall–Kier alpha value is -2.60. The van der Waals surface area contributed by atoms with E-state index in [0.717, 1.165) is 47.6 Å². The molecule has 1 fully saturated rings. The summed E-state index contributed by atoms with van der Waals surface area (Å²) in [6, 6.07) is 18.0. The van der Waals surface area contributed by atoms with E-state index in [-0.39, 0.29) is 5.78 Å². The van der Waals surface area contributed by atoms with Crippen LogP contribution in [0.3, 0.4) is 0 Å². The first-order chi connectivity index (χ1) is 14.7. The van der Waals surface area contributed by atoms with Crippen molar-refractivity contribution < 1.29 is 4.79 Å². The lowest BCUT2D eigenvalue weighted by Crippen LogP contribution is -2.31. The number of carbonyl (C=O) groups excluding carboxylic acids is 1. The molecule has 0 spiro atoms. The zero-order chi connectivity index (χ0) is 20.8. The molecule has 156 valence electrons. The Labute approximate surface area is 182 Å². The summed E-state index contributed by atoms with van der Waals surface area (Å²) in [6.07, 6.45) is 5.05. The van der Waals surface area contributed by atoms with E-state index in [0.29, 0.717) is 6.42 Å². The predicted octanol–water partition coefficient (Wildman–Crippen LogP) is 5.32. The Morgan fingerprint density at radius 3 is 2.43 bits per heavy atom. The monoisotopic (exact) mass is 420 g/mol. The van der Waals surface area contributed by atoms with Gasteiger partial charge in [-0.1, -0.05) is 59.8 Å². The second kappa shape index (κ2) is 9.94. The van der Waals surface area contributed by atoms with Crippen molar-refractivity contribution in [2.45, 2.75) is 44.2 Å². The van der Waals surface area contributed by atoms with Crippen LogP contribution in [0.5, 0.6) is 0 Å². The Balaban J connectivity index is 1.46.